The van der Waals surface area contributed by atoms with Gasteiger partial charge in [0.25, 0.3) is 0 Å². The van der Waals surface area contributed by atoms with Crippen LogP contribution in [0.2, 0.25) is 0 Å². The molecule has 1 atom stereocenters. The topological polar surface area (TPSA) is 29.9 Å². The van der Waals surface area contributed by atoms with Gasteiger partial charge in [0.2, 0.25) is 0 Å². The van der Waals surface area contributed by atoms with Gasteiger partial charge in [-0.05, 0) is 45.2 Å². The first kappa shape index (κ1) is 12.2. The van der Waals surface area contributed by atoms with Crippen LogP contribution in [0.25, 0.3) is 0 Å². The first-order valence-corrected chi connectivity index (χ1v) is 5.94. The number of nitrogens with one attached hydrogen (secondary N) is 1. The Morgan fingerprint density at radius 2 is 2.33 bits per heavy atom. The summed E-state index contributed by atoms with van der Waals surface area (Å²) < 4.78 is 1.96. The zero-order chi connectivity index (χ0) is 11.1. The third-order valence-corrected chi connectivity index (χ3v) is 2.74. The molecule has 0 aliphatic carbocycles. The lowest BCUT2D eigenvalue weighted by Gasteiger charge is -2.12. The van der Waals surface area contributed by atoms with E-state index in [-0.39, 0.29) is 0 Å². The highest BCUT2D eigenvalue weighted by Crippen LogP contribution is 2.05. The van der Waals surface area contributed by atoms with Crippen molar-refractivity contribution in [2.45, 2.75) is 45.6 Å². The molecule has 0 bridgehead atoms. The second-order valence-electron chi connectivity index (χ2n) is 4.19. The standard InChI is InChI=1S/C12H23N3/c1-4-9-13-11(2)6-5-7-12-8-10-14-15(12)3/h8,10-11,13H,4-7,9H2,1-3H3. The predicted molar refractivity (Wildman–Crippen MR) is 63.9 cm³/mol. The molecule has 3 heteroatoms. The average molecular weight is 209 g/mol. The van der Waals surface area contributed by atoms with Crippen LogP contribution in [0, 0.1) is 0 Å². The van der Waals surface area contributed by atoms with Crippen molar-refractivity contribution in [2.75, 3.05) is 6.54 Å². The Bertz CT molecular complexity index is 268. The highest BCUT2D eigenvalue weighted by molar-refractivity contribution is 4.99. The molecule has 1 aromatic rings. The lowest BCUT2D eigenvalue weighted by atomic mass is 10.1. The minimum absolute atomic E-state index is 0.637. The van der Waals surface area contributed by atoms with Crippen molar-refractivity contribution < 1.29 is 0 Å². The molecule has 15 heavy (non-hydrogen) atoms. The Hall–Kier alpha value is -0.830. The van der Waals surface area contributed by atoms with Crippen molar-refractivity contribution in [3.8, 4) is 0 Å². The van der Waals surface area contributed by atoms with E-state index in [4.69, 9.17) is 0 Å². The molecule has 0 fully saturated rings. The van der Waals surface area contributed by atoms with Crippen molar-refractivity contribution in [1.82, 2.24) is 15.1 Å². The third kappa shape index (κ3) is 4.47. The van der Waals surface area contributed by atoms with Crippen LogP contribution in [0.3, 0.4) is 0 Å². The number of aromatic nitrogens is 2. The van der Waals surface area contributed by atoms with Crippen LogP contribution in [0.5, 0.6) is 0 Å². The van der Waals surface area contributed by atoms with Gasteiger partial charge < -0.3 is 5.32 Å². The smallest absolute Gasteiger partial charge is 0.0492 e. The summed E-state index contributed by atoms with van der Waals surface area (Å²) >= 11 is 0. The van der Waals surface area contributed by atoms with Crippen LogP contribution in [-0.4, -0.2) is 22.4 Å². The maximum absolute atomic E-state index is 4.17. The van der Waals surface area contributed by atoms with Gasteiger partial charge in [0.1, 0.15) is 0 Å². The van der Waals surface area contributed by atoms with E-state index in [9.17, 15) is 0 Å². The lowest BCUT2D eigenvalue weighted by molar-refractivity contribution is 0.494. The first-order chi connectivity index (χ1) is 7.24. The molecular weight excluding hydrogens is 186 g/mol. The van der Waals surface area contributed by atoms with Gasteiger partial charge in [-0.1, -0.05) is 6.92 Å². The molecule has 1 heterocycles. The highest BCUT2D eigenvalue weighted by atomic mass is 15.2. The first-order valence-electron chi connectivity index (χ1n) is 5.94. The molecule has 0 saturated carbocycles. The normalized spacial score (nSPS) is 13.0. The average Bonchev–Trinajstić information content (AvgIpc) is 2.61. The zero-order valence-electron chi connectivity index (χ0n) is 10.2. The summed E-state index contributed by atoms with van der Waals surface area (Å²) in [6, 6.07) is 2.74. The minimum atomic E-state index is 0.637. The van der Waals surface area contributed by atoms with Gasteiger partial charge in [0.15, 0.2) is 0 Å². The Kier molecular flexibility index (Phi) is 5.40. The Morgan fingerprint density at radius 1 is 1.53 bits per heavy atom. The molecule has 3 nitrogen and oxygen atoms in total. The highest BCUT2D eigenvalue weighted by Gasteiger charge is 2.02. The van der Waals surface area contributed by atoms with Crippen LogP contribution in [0.4, 0.5) is 0 Å². The maximum Gasteiger partial charge on any atom is 0.0492 e. The molecule has 1 aromatic heterocycles. The molecular formula is C12H23N3. The number of aryl methyl sites for hydroxylation is 2. The quantitative estimate of drug-likeness (QED) is 0.745. The molecule has 0 amide bonds. The van der Waals surface area contributed by atoms with E-state index in [1.165, 1.54) is 25.0 Å². The van der Waals surface area contributed by atoms with Gasteiger partial charge in [0, 0.05) is 25.0 Å². The molecule has 1 rings (SSSR count). The summed E-state index contributed by atoms with van der Waals surface area (Å²) in [5.41, 5.74) is 1.33. The fraction of sp³-hybridized carbons (Fsp3) is 0.750. The van der Waals surface area contributed by atoms with E-state index in [1.54, 1.807) is 0 Å². The van der Waals surface area contributed by atoms with Crippen molar-refractivity contribution in [3.63, 3.8) is 0 Å². The van der Waals surface area contributed by atoms with E-state index < -0.39 is 0 Å². The van der Waals surface area contributed by atoms with E-state index >= 15 is 0 Å². The molecule has 0 aliphatic heterocycles. The lowest BCUT2D eigenvalue weighted by Crippen LogP contribution is -2.26. The number of hydrogen-bond donors (Lipinski definition) is 1. The molecule has 0 saturated heterocycles. The second kappa shape index (κ2) is 6.62. The van der Waals surface area contributed by atoms with Crippen LogP contribution < -0.4 is 5.32 Å². The summed E-state index contributed by atoms with van der Waals surface area (Å²) in [6.45, 7) is 5.60. The van der Waals surface area contributed by atoms with Gasteiger partial charge >= 0.3 is 0 Å². The van der Waals surface area contributed by atoms with E-state index in [1.807, 2.05) is 17.9 Å². The Morgan fingerprint density at radius 3 is 2.93 bits per heavy atom. The van der Waals surface area contributed by atoms with Gasteiger partial charge in [0.05, 0.1) is 0 Å². The minimum Gasteiger partial charge on any atom is -0.314 e. The fourth-order valence-corrected chi connectivity index (χ4v) is 1.73. The van der Waals surface area contributed by atoms with Crippen molar-refractivity contribution in [2.24, 2.45) is 7.05 Å². The predicted octanol–water partition coefficient (Wildman–Crippen LogP) is 2.13. The van der Waals surface area contributed by atoms with Crippen LogP contribution in [0.1, 0.15) is 38.8 Å². The molecule has 86 valence electrons. The Labute approximate surface area is 92.9 Å². The molecule has 1 unspecified atom stereocenters. The van der Waals surface area contributed by atoms with Crippen molar-refractivity contribution in [1.29, 1.82) is 0 Å². The fourth-order valence-electron chi connectivity index (χ4n) is 1.73. The number of nitrogens with zero attached hydrogens (tertiary/aromatic N) is 2. The summed E-state index contributed by atoms with van der Waals surface area (Å²) in [6.07, 6.45) is 6.69. The van der Waals surface area contributed by atoms with Gasteiger partial charge in [-0.2, -0.15) is 5.10 Å². The summed E-state index contributed by atoms with van der Waals surface area (Å²) in [5, 5.41) is 7.67. The zero-order valence-corrected chi connectivity index (χ0v) is 10.2. The van der Waals surface area contributed by atoms with E-state index in [0.29, 0.717) is 6.04 Å². The second-order valence-corrected chi connectivity index (χ2v) is 4.19. The molecule has 1 N–H and O–H groups in total. The molecule has 0 radical (unpaired) electrons. The van der Waals surface area contributed by atoms with Crippen LogP contribution >= 0.6 is 0 Å². The van der Waals surface area contributed by atoms with E-state index in [2.05, 4.69) is 30.3 Å². The Balaban J connectivity index is 2.13. The summed E-state index contributed by atoms with van der Waals surface area (Å²) in [7, 11) is 2.01. The largest absolute Gasteiger partial charge is 0.314 e. The maximum atomic E-state index is 4.17. The molecule has 0 aliphatic rings. The van der Waals surface area contributed by atoms with Crippen molar-refractivity contribution >= 4 is 0 Å². The number of hydrogen-bond acceptors (Lipinski definition) is 2. The third-order valence-electron chi connectivity index (χ3n) is 2.74. The van der Waals surface area contributed by atoms with Crippen LogP contribution in [0.15, 0.2) is 12.3 Å². The van der Waals surface area contributed by atoms with Gasteiger partial charge in [-0.3, -0.25) is 4.68 Å². The van der Waals surface area contributed by atoms with Crippen LogP contribution in [-0.2, 0) is 13.5 Å². The van der Waals surface area contributed by atoms with Crippen molar-refractivity contribution in [3.05, 3.63) is 18.0 Å². The SMILES string of the molecule is CCCNC(C)CCCc1ccnn1C. The van der Waals surface area contributed by atoms with E-state index in [0.717, 1.165) is 13.0 Å². The molecule has 0 spiro atoms. The van der Waals surface area contributed by atoms with Gasteiger partial charge in [-0.25, -0.2) is 0 Å². The van der Waals surface area contributed by atoms with Gasteiger partial charge in [-0.15, -0.1) is 0 Å². The monoisotopic (exact) mass is 209 g/mol. The molecule has 0 aromatic carbocycles. The number of rotatable bonds is 7. The summed E-state index contributed by atoms with van der Waals surface area (Å²) in [5.74, 6) is 0. The summed E-state index contributed by atoms with van der Waals surface area (Å²) in [4.78, 5) is 0.